The maximum atomic E-state index is 4.59. The lowest BCUT2D eigenvalue weighted by Crippen LogP contribution is -2.53. The van der Waals surface area contributed by atoms with E-state index in [-0.39, 0.29) is 0 Å². The molecule has 0 saturated carbocycles. The fraction of sp³-hybridized carbons (Fsp3) is 0.786. The van der Waals surface area contributed by atoms with Crippen LogP contribution in [0.5, 0.6) is 0 Å². The molecule has 1 aromatic rings. The lowest BCUT2D eigenvalue weighted by molar-refractivity contribution is 0.166. The van der Waals surface area contributed by atoms with Gasteiger partial charge in [-0.05, 0) is 34.6 Å². The first-order valence-corrected chi connectivity index (χ1v) is 6.98. The zero-order chi connectivity index (χ0) is 13.3. The highest BCUT2D eigenvalue weighted by Crippen LogP contribution is 2.15. The van der Waals surface area contributed by atoms with Gasteiger partial charge in [0.15, 0.2) is 0 Å². The number of nitrogens with one attached hydrogen (secondary N) is 1. The quantitative estimate of drug-likeness (QED) is 0.890. The van der Waals surface area contributed by atoms with E-state index in [9.17, 15) is 0 Å². The molecule has 4 nitrogen and oxygen atoms in total. The van der Waals surface area contributed by atoms with Gasteiger partial charge in [-0.3, -0.25) is 9.58 Å². The summed E-state index contributed by atoms with van der Waals surface area (Å²) in [4.78, 5) is 2.53. The summed E-state index contributed by atoms with van der Waals surface area (Å²) in [5.41, 5.74) is 2.53. The molecule has 2 atom stereocenters. The van der Waals surface area contributed by atoms with Crippen molar-refractivity contribution in [1.82, 2.24) is 20.0 Å². The first kappa shape index (κ1) is 13.6. The minimum absolute atomic E-state index is 0.443. The van der Waals surface area contributed by atoms with Crippen molar-refractivity contribution >= 4 is 0 Å². The molecule has 0 spiro atoms. The Morgan fingerprint density at radius 1 is 1.33 bits per heavy atom. The van der Waals surface area contributed by atoms with Crippen molar-refractivity contribution in [2.75, 3.05) is 13.1 Å². The molecule has 1 saturated heterocycles. The van der Waals surface area contributed by atoms with Gasteiger partial charge in [0, 0.05) is 49.5 Å². The fourth-order valence-electron chi connectivity index (χ4n) is 2.75. The molecule has 1 aliphatic heterocycles. The lowest BCUT2D eigenvalue weighted by atomic mass is 10.1. The van der Waals surface area contributed by atoms with Gasteiger partial charge in [-0.1, -0.05) is 0 Å². The van der Waals surface area contributed by atoms with Gasteiger partial charge in [0.25, 0.3) is 0 Å². The van der Waals surface area contributed by atoms with Crippen molar-refractivity contribution in [2.45, 2.75) is 59.3 Å². The largest absolute Gasteiger partial charge is 0.309 e. The van der Waals surface area contributed by atoms with Crippen LogP contribution in [0.15, 0.2) is 6.20 Å². The third-order valence-electron chi connectivity index (χ3n) is 3.57. The number of aromatic nitrogens is 2. The molecule has 2 rings (SSSR count). The van der Waals surface area contributed by atoms with E-state index in [1.54, 1.807) is 0 Å². The molecule has 1 aliphatic rings. The van der Waals surface area contributed by atoms with Gasteiger partial charge < -0.3 is 5.32 Å². The van der Waals surface area contributed by atoms with Crippen molar-refractivity contribution in [2.24, 2.45) is 0 Å². The third kappa shape index (κ3) is 3.12. The highest BCUT2D eigenvalue weighted by atomic mass is 15.3. The Balaban J connectivity index is 2.04. The van der Waals surface area contributed by atoms with Crippen LogP contribution in [0.4, 0.5) is 0 Å². The number of aryl methyl sites for hydroxylation is 1. The van der Waals surface area contributed by atoms with Gasteiger partial charge >= 0.3 is 0 Å². The molecular weight excluding hydrogens is 224 g/mol. The van der Waals surface area contributed by atoms with Crippen LogP contribution in [0.1, 0.15) is 45.0 Å². The zero-order valence-electron chi connectivity index (χ0n) is 12.3. The number of piperazine rings is 1. The Kier molecular flexibility index (Phi) is 4.07. The number of rotatable bonds is 3. The number of nitrogens with zero attached hydrogens (tertiary/aromatic N) is 3. The third-order valence-corrected chi connectivity index (χ3v) is 3.57. The minimum atomic E-state index is 0.443. The highest BCUT2D eigenvalue weighted by molar-refractivity contribution is 5.15. The Morgan fingerprint density at radius 2 is 1.94 bits per heavy atom. The summed E-state index contributed by atoms with van der Waals surface area (Å²) in [6.45, 7) is 14.2. The minimum Gasteiger partial charge on any atom is -0.309 e. The van der Waals surface area contributed by atoms with E-state index in [0.29, 0.717) is 18.1 Å². The van der Waals surface area contributed by atoms with E-state index in [2.05, 4.69) is 60.8 Å². The molecular formula is C14H26N4. The van der Waals surface area contributed by atoms with Gasteiger partial charge in [-0.25, -0.2) is 0 Å². The van der Waals surface area contributed by atoms with Gasteiger partial charge in [-0.15, -0.1) is 0 Å². The molecule has 2 unspecified atom stereocenters. The summed E-state index contributed by atoms with van der Waals surface area (Å²) in [6.07, 6.45) is 2.21. The second-order valence-corrected chi connectivity index (χ2v) is 5.98. The summed E-state index contributed by atoms with van der Waals surface area (Å²) < 4.78 is 2.07. The monoisotopic (exact) mass is 250 g/mol. The number of hydrogen-bond donors (Lipinski definition) is 1. The maximum absolute atomic E-state index is 4.59. The van der Waals surface area contributed by atoms with Crippen LogP contribution in [0.2, 0.25) is 0 Å². The molecule has 4 heteroatoms. The first-order valence-electron chi connectivity index (χ1n) is 6.98. The Morgan fingerprint density at radius 3 is 2.44 bits per heavy atom. The lowest BCUT2D eigenvalue weighted by Gasteiger charge is -2.36. The normalized spacial score (nSPS) is 25.9. The molecule has 1 aromatic heterocycles. The molecule has 0 amide bonds. The van der Waals surface area contributed by atoms with Crippen LogP contribution < -0.4 is 5.32 Å². The van der Waals surface area contributed by atoms with Crippen molar-refractivity contribution < 1.29 is 0 Å². The molecule has 0 aliphatic carbocycles. The first-order chi connectivity index (χ1) is 8.45. The Hall–Kier alpha value is -0.870. The maximum Gasteiger partial charge on any atom is 0.0638 e. The van der Waals surface area contributed by atoms with E-state index in [4.69, 9.17) is 0 Å². The Bertz CT molecular complexity index is 386. The van der Waals surface area contributed by atoms with Crippen LogP contribution >= 0.6 is 0 Å². The van der Waals surface area contributed by atoms with Crippen LogP contribution in [0.3, 0.4) is 0 Å². The van der Waals surface area contributed by atoms with E-state index in [0.717, 1.165) is 19.6 Å². The summed E-state index contributed by atoms with van der Waals surface area (Å²) in [5, 5.41) is 8.16. The van der Waals surface area contributed by atoms with Crippen LogP contribution in [0.25, 0.3) is 0 Å². The predicted molar refractivity (Wildman–Crippen MR) is 74.7 cm³/mol. The van der Waals surface area contributed by atoms with E-state index in [1.807, 2.05) is 0 Å². The van der Waals surface area contributed by atoms with Crippen molar-refractivity contribution in [3.63, 3.8) is 0 Å². The molecule has 0 aromatic carbocycles. The van der Waals surface area contributed by atoms with Crippen LogP contribution in [0, 0.1) is 6.92 Å². The second-order valence-electron chi connectivity index (χ2n) is 5.98. The molecule has 2 heterocycles. The fourth-order valence-corrected chi connectivity index (χ4v) is 2.75. The molecule has 102 valence electrons. The van der Waals surface area contributed by atoms with Gasteiger partial charge in [0.2, 0.25) is 0 Å². The Labute approximate surface area is 110 Å². The molecule has 1 N–H and O–H groups in total. The zero-order valence-corrected chi connectivity index (χ0v) is 12.3. The molecule has 0 bridgehead atoms. The van der Waals surface area contributed by atoms with Gasteiger partial charge in [0.1, 0.15) is 0 Å². The summed E-state index contributed by atoms with van der Waals surface area (Å²) >= 11 is 0. The van der Waals surface area contributed by atoms with Crippen LogP contribution in [-0.4, -0.2) is 39.9 Å². The summed E-state index contributed by atoms with van der Waals surface area (Å²) in [5.74, 6) is 0. The van der Waals surface area contributed by atoms with E-state index < -0.39 is 0 Å². The molecule has 1 fully saturated rings. The van der Waals surface area contributed by atoms with Crippen molar-refractivity contribution in [3.05, 3.63) is 17.5 Å². The van der Waals surface area contributed by atoms with E-state index in [1.165, 1.54) is 11.3 Å². The average molecular weight is 250 g/mol. The van der Waals surface area contributed by atoms with Gasteiger partial charge in [-0.2, -0.15) is 5.10 Å². The van der Waals surface area contributed by atoms with Gasteiger partial charge in [0.05, 0.1) is 5.69 Å². The summed E-state index contributed by atoms with van der Waals surface area (Å²) in [6, 6.07) is 1.60. The van der Waals surface area contributed by atoms with Crippen molar-refractivity contribution in [3.8, 4) is 0 Å². The standard InChI is InChI=1S/C14H26N4/c1-10(2)18-9-14(13(5)16-18)8-17-6-11(3)15-12(4)7-17/h9-12,15H,6-8H2,1-5H3. The highest BCUT2D eigenvalue weighted by Gasteiger charge is 2.21. The smallest absolute Gasteiger partial charge is 0.0638 e. The average Bonchev–Trinajstić information content (AvgIpc) is 2.59. The van der Waals surface area contributed by atoms with Crippen molar-refractivity contribution in [1.29, 1.82) is 0 Å². The predicted octanol–water partition coefficient (Wildman–Crippen LogP) is 1.95. The SMILES string of the molecule is Cc1nn(C(C)C)cc1CN1CC(C)NC(C)C1. The summed E-state index contributed by atoms with van der Waals surface area (Å²) in [7, 11) is 0. The number of hydrogen-bond acceptors (Lipinski definition) is 3. The van der Waals surface area contributed by atoms with E-state index >= 15 is 0 Å². The molecule has 0 radical (unpaired) electrons. The second kappa shape index (κ2) is 5.41. The molecule has 18 heavy (non-hydrogen) atoms. The topological polar surface area (TPSA) is 33.1 Å². The van der Waals surface area contributed by atoms with Crippen LogP contribution in [-0.2, 0) is 6.54 Å².